The fourth-order valence-corrected chi connectivity index (χ4v) is 6.10. The van der Waals surface area contributed by atoms with Crippen LogP contribution in [0.2, 0.25) is 0 Å². The Labute approximate surface area is 253 Å². The standard InChI is InChI=1S/C31H31F3N4O5S/c1-20-10-12-24(13-11-20)37(44(40,41)25-14-15-28(42-4)29(17-25)43-5)19-30(39)36-35-18-23-16-21(2)38(22(23)3)27-9-7-6-8-26(27)31(32,33)34/h6-18H,19H2,1-5H3,(H,36,39)/b35-18-. The number of aromatic nitrogens is 1. The molecule has 0 spiro atoms. The van der Waals surface area contributed by atoms with E-state index in [1.165, 1.54) is 61.4 Å². The molecule has 4 aromatic rings. The maximum atomic E-state index is 13.8. The average Bonchev–Trinajstić information content (AvgIpc) is 3.27. The molecule has 0 bridgehead atoms. The lowest BCUT2D eigenvalue weighted by Gasteiger charge is -2.24. The lowest BCUT2D eigenvalue weighted by atomic mass is 10.1. The first-order valence-electron chi connectivity index (χ1n) is 13.3. The number of sulfonamides is 1. The Kier molecular flexibility index (Phi) is 9.38. The van der Waals surface area contributed by atoms with Crippen molar-refractivity contribution in [2.45, 2.75) is 31.8 Å². The van der Waals surface area contributed by atoms with Crippen LogP contribution in [0.5, 0.6) is 11.5 Å². The van der Waals surface area contributed by atoms with Crippen LogP contribution in [0.4, 0.5) is 18.9 Å². The molecule has 3 aromatic carbocycles. The Morgan fingerprint density at radius 1 is 0.955 bits per heavy atom. The molecule has 0 aliphatic heterocycles. The van der Waals surface area contributed by atoms with Gasteiger partial charge < -0.3 is 14.0 Å². The van der Waals surface area contributed by atoms with Gasteiger partial charge in [0.15, 0.2) is 11.5 Å². The molecule has 0 saturated heterocycles. The minimum atomic E-state index is -4.55. The van der Waals surface area contributed by atoms with Crippen LogP contribution >= 0.6 is 0 Å². The van der Waals surface area contributed by atoms with Gasteiger partial charge >= 0.3 is 6.18 Å². The number of alkyl halides is 3. The highest BCUT2D eigenvalue weighted by atomic mass is 32.2. The van der Waals surface area contributed by atoms with Gasteiger partial charge in [-0.25, -0.2) is 13.8 Å². The first-order valence-corrected chi connectivity index (χ1v) is 14.7. The highest BCUT2D eigenvalue weighted by Crippen LogP contribution is 2.35. The monoisotopic (exact) mass is 628 g/mol. The zero-order chi connectivity index (χ0) is 32.2. The highest BCUT2D eigenvalue weighted by Gasteiger charge is 2.34. The van der Waals surface area contributed by atoms with Crippen molar-refractivity contribution in [3.63, 3.8) is 0 Å². The smallest absolute Gasteiger partial charge is 0.418 e. The zero-order valence-corrected chi connectivity index (χ0v) is 25.5. The fraction of sp³-hybridized carbons (Fsp3) is 0.226. The van der Waals surface area contributed by atoms with E-state index in [-0.39, 0.29) is 22.0 Å². The molecule has 0 aliphatic carbocycles. The van der Waals surface area contributed by atoms with Crippen molar-refractivity contribution in [2.24, 2.45) is 5.10 Å². The van der Waals surface area contributed by atoms with E-state index >= 15 is 0 Å². The Morgan fingerprint density at radius 3 is 2.25 bits per heavy atom. The van der Waals surface area contributed by atoms with Gasteiger partial charge in [0, 0.05) is 23.0 Å². The van der Waals surface area contributed by atoms with Gasteiger partial charge in [0.1, 0.15) is 6.54 Å². The van der Waals surface area contributed by atoms with Crippen LogP contribution in [0.3, 0.4) is 0 Å². The first-order chi connectivity index (χ1) is 20.8. The van der Waals surface area contributed by atoms with Gasteiger partial charge in [-0.1, -0.05) is 29.8 Å². The lowest BCUT2D eigenvalue weighted by molar-refractivity contribution is -0.137. The first kappa shape index (κ1) is 32.1. The molecule has 44 heavy (non-hydrogen) atoms. The second-order valence-corrected chi connectivity index (χ2v) is 11.7. The zero-order valence-electron chi connectivity index (χ0n) is 24.6. The molecule has 0 atom stereocenters. The summed E-state index contributed by atoms with van der Waals surface area (Å²) in [5, 5.41) is 3.97. The summed E-state index contributed by atoms with van der Waals surface area (Å²) in [6.45, 7) is 4.53. The maximum absolute atomic E-state index is 13.8. The summed E-state index contributed by atoms with van der Waals surface area (Å²) < 4.78 is 81.4. The number of aryl methyl sites for hydroxylation is 2. The number of hydrogen-bond acceptors (Lipinski definition) is 6. The number of benzene rings is 3. The molecule has 4 rings (SSSR count). The number of anilines is 1. The normalized spacial score (nSPS) is 11.9. The van der Waals surface area contributed by atoms with E-state index in [1.54, 1.807) is 44.2 Å². The predicted molar refractivity (Wildman–Crippen MR) is 161 cm³/mol. The van der Waals surface area contributed by atoms with Crippen LogP contribution in [0, 0.1) is 20.8 Å². The number of ether oxygens (including phenoxy) is 2. The minimum Gasteiger partial charge on any atom is -0.493 e. The van der Waals surface area contributed by atoms with Crippen LogP contribution < -0.4 is 19.2 Å². The molecule has 1 amide bonds. The molecule has 0 radical (unpaired) electrons. The summed E-state index contributed by atoms with van der Waals surface area (Å²) >= 11 is 0. The fourth-order valence-electron chi connectivity index (χ4n) is 4.67. The van der Waals surface area contributed by atoms with Crippen molar-refractivity contribution in [2.75, 3.05) is 25.1 Å². The Bertz CT molecular complexity index is 1800. The summed E-state index contributed by atoms with van der Waals surface area (Å²) in [5.74, 6) is -0.217. The third kappa shape index (κ3) is 6.72. The lowest BCUT2D eigenvalue weighted by Crippen LogP contribution is -2.39. The van der Waals surface area contributed by atoms with Gasteiger partial charge in [-0.3, -0.25) is 9.10 Å². The maximum Gasteiger partial charge on any atom is 0.418 e. The summed E-state index contributed by atoms with van der Waals surface area (Å²) in [5.41, 5.74) is 4.10. The number of hydrogen-bond donors (Lipinski definition) is 1. The van der Waals surface area contributed by atoms with Crippen molar-refractivity contribution in [1.82, 2.24) is 9.99 Å². The van der Waals surface area contributed by atoms with E-state index in [0.29, 0.717) is 22.7 Å². The number of methoxy groups -OCH3 is 2. The molecule has 1 aromatic heterocycles. The number of carbonyl (C=O) groups excluding carboxylic acids is 1. The molecule has 0 fully saturated rings. The quantitative estimate of drug-likeness (QED) is 0.177. The Morgan fingerprint density at radius 2 is 1.61 bits per heavy atom. The van der Waals surface area contributed by atoms with E-state index in [0.717, 1.165) is 15.9 Å². The molecule has 0 aliphatic rings. The number of amides is 1. The molecule has 1 N–H and O–H groups in total. The Balaban J connectivity index is 1.60. The average molecular weight is 629 g/mol. The van der Waals surface area contributed by atoms with Crippen LogP contribution in [0.1, 0.15) is 28.1 Å². The van der Waals surface area contributed by atoms with Gasteiger partial charge in [0.25, 0.3) is 15.9 Å². The molecule has 0 unspecified atom stereocenters. The molecule has 0 saturated carbocycles. The Hall–Kier alpha value is -4.78. The van der Waals surface area contributed by atoms with Crippen LogP contribution in [-0.4, -0.2) is 45.9 Å². The number of halogens is 3. The van der Waals surface area contributed by atoms with E-state index in [4.69, 9.17) is 9.47 Å². The van der Waals surface area contributed by atoms with E-state index in [1.807, 2.05) is 6.92 Å². The van der Waals surface area contributed by atoms with Crippen LogP contribution in [-0.2, 0) is 21.0 Å². The van der Waals surface area contributed by atoms with Gasteiger partial charge in [-0.2, -0.15) is 18.3 Å². The predicted octanol–water partition coefficient (Wildman–Crippen LogP) is 5.78. The third-order valence-corrected chi connectivity index (χ3v) is 8.64. The number of nitrogens with one attached hydrogen (secondary N) is 1. The molecular formula is C31H31F3N4O5S. The van der Waals surface area contributed by atoms with Gasteiger partial charge in [-0.15, -0.1) is 0 Å². The van der Waals surface area contributed by atoms with Gasteiger partial charge in [0.05, 0.1) is 42.3 Å². The number of carbonyl (C=O) groups is 1. The summed E-state index contributed by atoms with van der Waals surface area (Å²) in [4.78, 5) is 12.9. The highest BCUT2D eigenvalue weighted by molar-refractivity contribution is 7.92. The summed E-state index contributed by atoms with van der Waals surface area (Å²) in [6, 6.07) is 17.6. The molecule has 1 heterocycles. The minimum absolute atomic E-state index is 0.0344. The topological polar surface area (TPSA) is 102 Å². The van der Waals surface area contributed by atoms with Gasteiger partial charge in [-0.05, 0) is 63.2 Å². The van der Waals surface area contributed by atoms with E-state index < -0.39 is 34.2 Å². The second-order valence-electron chi connectivity index (χ2n) is 9.83. The second kappa shape index (κ2) is 12.8. The van der Waals surface area contributed by atoms with Crippen LogP contribution in [0.25, 0.3) is 5.69 Å². The van der Waals surface area contributed by atoms with Crippen LogP contribution in [0.15, 0.2) is 82.8 Å². The molecular weight excluding hydrogens is 597 g/mol. The van der Waals surface area contributed by atoms with E-state index in [2.05, 4.69) is 10.5 Å². The molecule has 232 valence electrons. The largest absolute Gasteiger partial charge is 0.493 e. The number of nitrogens with zero attached hydrogens (tertiary/aromatic N) is 3. The van der Waals surface area contributed by atoms with Crippen molar-refractivity contribution < 1.29 is 35.9 Å². The SMILES string of the molecule is COc1ccc(S(=O)(=O)N(CC(=O)N/N=C\c2cc(C)n(-c3ccccc3C(F)(F)F)c2C)c2ccc(C)cc2)cc1OC. The van der Waals surface area contributed by atoms with Crippen molar-refractivity contribution in [3.05, 3.63) is 101 Å². The van der Waals surface area contributed by atoms with Crippen molar-refractivity contribution in [1.29, 1.82) is 0 Å². The third-order valence-electron chi connectivity index (χ3n) is 6.87. The number of rotatable bonds is 10. The van der Waals surface area contributed by atoms with Crippen molar-refractivity contribution >= 4 is 27.8 Å². The van der Waals surface area contributed by atoms with Crippen molar-refractivity contribution in [3.8, 4) is 17.2 Å². The summed E-state index contributed by atoms with van der Waals surface area (Å²) in [7, 11) is -1.46. The summed E-state index contributed by atoms with van der Waals surface area (Å²) in [6.07, 6.45) is -3.26. The number of hydrazone groups is 1. The van der Waals surface area contributed by atoms with E-state index in [9.17, 15) is 26.4 Å². The molecule has 13 heteroatoms. The number of para-hydroxylation sites is 1. The molecule has 9 nitrogen and oxygen atoms in total. The van der Waals surface area contributed by atoms with Gasteiger partial charge in [0.2, 0.25) is 0 Å².